The second-order valence-electron chi connectivity index (χ2n) is 1.77. The van der Waals surface area contributed by atoms with Crippen molar-refractivity contribution >= 4 is 5.69 Å². The molecule has 2 N–H and O–H groups in total. The van der Waals surface area contributed by atoms with Crippen molar-refractivity contribution in [2.45, 2.75) is 0 Å². The van der Waals surface area contributed by atoms with E-state index in [4.69, 9.17) is 10.5 Å². The molecule has 0 atom stereocenters. The van der Waals surface area contributed by atoms with E-state index >= 15 is 0 Å². The molecule has 0 saturated carbocycles. The smallest absolute Gasteiger partial charge is 0.119 e. The average molecular weight is 174 g/mol. The molecule has 0 unspecified atom stereocenters. The van der Waals surface area contributed by atoms with Crippen molar-refractivity contribution in [3.05, 3.63) is 24.3 Å². The molecule has 0 amide bonds. The zero-order valence-corrected chi connectivity index (χ0v) is 7.14. The third-order valence-corrected chi connectivity index (χ3v) is 1.12. The monoisotopic (exact) mass is 174 g/mol. The van der Waals surface area contributed by atoms with Crippen LogP contribution in [0.3, 0.4) is 0 Å². The predicted molar refractivity (Wildman–Crippen MR) is 37.4 cm³/mol. The van der Waals surface area contributed by atoms with E-state index < -0.39 is 0 Å². The van der Waals surface area contributed by atoms with Crippen molar-refractivity contribution in [2.75, 3.05) is 12.8 Å². The maximum atomic E-state index is 5.43. The van der Waals surface area contributed by atoms with Crippen molar-refractivity contribution in [2.24, 2.45) is 0 Å². The zero-order chi connectivity index (χ0) is 6.69. The van der Waals surface area contributed by atoms with Crippen LogP contribution in [0.5, 0.6) is 5.75 Å². The summed E-state index contributed by atoms with van der Waals surface area (Å²) in [4.78, 5) is 0. The van der Waals surface area contributed by atoms with E-state index in [1.54, 1.807) is 19.2 Å². The van der Waals surface area contributed by atoms with E-state index in [0.29, 0.717) is 0 Å². The molecule has 53 valence electrons. The van der Waals surface area contributed by atoms with E-state index in [2.05, 4.69) is 0 Å². The van der Waals surface area contributed by atoms with Crippen LogP contribution in [-0.2, 0) is 18.6 Å². The maximum absolute atomic E-state index is 5.43. The Labute approximate surface area is 72.3 Å². The van der Waals surface area contributed by atoms with Crippen LogP contribution < -0.4 is 10.5 Å². The summed E-state index contributed by atoms with van der Waals surface area (Å²) in [6.07, 6.45) is 0. The van der Waals surface area contributed by atoms with E-state index in [0.717, 1.165) is 11.4 Å². The van der Waals surface area contributed by atoms with E-state index in [9.17, 15) is 0 Å². The SMILES string of the molecule is COc1ccc(N)cc1.[V]. The first-order chi connectivity index (χ1) is 4.33. The molecular formula is C7H9NOV. The third-order valence-electron chi connectivity index (χ3n) is 1.12. The van der Waals surface area contributed by atoms with Crippen LogP contribution in [0.1, 0.15) is 0 Å². The van der Waals surface area contributed by atoms with E-state index in [1.807, 2.05) is 12.1 Å². The largest absolute Gasteiger partial charge is 0.497 e. The normalized spacial score (nSPS) is 8.10. The molecule has 0 aliphatic heterocycles. The van der Waals surface area contributed by atoms with Crippen LogP contribution in [-0.4, -0.2) is 7.11 Å². The Bertz CT molecular complexity index is 185. The Morgan fingerprint density at radius 3 is 2.10 bits per heavy atom. The number of benzene rings is 1. The minimum atomic E-state index is 0. The first-order valence-electron chi connectivity index (χ1n) is 2.72. The fourth-order valence-electron chi connectivity index (χ4n) is 0.604. The Balaban J connectivity index is 0.000000810. The van der Waals surface area contributed by atoms with Crippen molar-refractivity contribution in [3.63, 3.8) is 0 Å². The fourth-order valence-corrected chi connectivity index (χ4v) is 0.604. The summed E-state index contributed by atoms with van der Waals surface area (Å²) < 4.78 is 4.91. The van der Waals surface area contributed by atoms with Gasteiger partial charge in [-0.05, 0) is 24.3 Å². The summed E-state index contributed by atoms with van der Waals surface area (Å²) in [5.41, 5.74) is 6.19. The van der Waals surface area contributed by atoms with Gasteiger partial charge in [-0.25, -0.2) is 0 Å². The van der Waals surface area contributed by atoms with Gasteiger partial charge in [-0.1, -0.05) is 0 Å². The van der Waals surface area contributed by atoms with Crippen LogP contribution >= 0.6 is 0 Å². The summed E-state index contributed by atoms with van der Waals surface area (Å²) in [6.45, 7) is 0. The molecule has 1 rings (SSSR count). The van der Waals surface area contributed by atoms with Crippen molar-refractivity contribution < 1.29 is 23.3 Å². The first kappa shape index (κ1) is 9.40. The quantitative estimate of drug-likeness (QED) is 0.651. The molecule has 1 aromatic rings. The molecule has 0 fully saturated rings. The number of hydrogen-bond acceptors (Lipinski definition) is 2. The van der Waals surface area contributed by atoms with Gasteiger partial charge in [-0.2, -0.15) is 0 Å². The van der Waals surface area contributed by atoms with Gasteiger partial charge < -0.3 is 10.5 Å². The van der Waals surface area contributed by atoms with Crippen LogP contribution in [0.25, 0.3) is 0 Å². The summed E-state index contributed by atoms with van der Waals surface area (Å²) in [6, 6.07) is 7.27. The number of methoxy groups -OCH3 is 1. The molecule has 10 heavy (non-hydrogen) atoms. The van der Waals surface area contributed by atoms with Crippen molar-refractivity contribution in [1.29, 1.82) is 0 Å². The van der Waals surface area contributed by atoms with Crippen molar-refractivity contribution in [1.82, 2.24) is 0 Å². The molecule has 1 radical (unpaired) electrons. The Kier molecular flexibility index (Phi) is 4.00. The van der Waals surface area contributed by atoms with Gasteiger partial charge in [0.2, 0.25) is 0 Å². The molecule has 0 aromatic heterocycles. The summed E-state index contributed by atoms with van der Waals surface area (Å²) in [5, 5.41) is 0. The summed E-state index contributed by atoms with van der Waals surface area (Å²) in [7, 11) is 1.63. The molecule has 0 heterocycles. The number of anilines is 1. The topological polar surface area (TPSA) is 35.2 Å². The zero-order valence-electron chi connectivity index (χ0n) is 5.74. The van der Waals surface area contributed by atoms with Crippen LogP contribution in [0, 0.1) is 0 Å². The van der Waals surface area contributed by atoms with E-state index in [1.165, 1.54) is 0 Å². The standard InChI is InChI=1S/C7H9NO.V/c1-9-7-4-2-6(8)3-5-7;/h2-5H,8H2,1H3;. The molecule has 1 aromatic carbocycles. The number of nitrogen functional groups attached to an aromatic ring is 1. The molecular weight excluding hydrogens is 165 g/mol. The molecule has 0 bridgehead atoms. The fraction of sp³-hybridized carbons (Fsp3) is 0.143. The van der Waals surface area contributed by atoms with Crippen LogP contribution in [0.4, 0.5) is 5.69 Å². The number of ether oxygens (including phenoxy) is 1. The molecule has 2 nitrogen and oxygen atoms in total. The van der Waals surface area contributed by atoms with Gasteiger partial charge >= 0.3 is 0 Å². The van der Waals surface area contributed by atoms with Gasteiger partial charge in [0.15, 0.2) is 0 Å². The van der Waals surface area contributed by atoms with E-state index in [-0.39, 0.29) is 18.6 Å². The maximum Gasteiger partial charge on any atom is 0.119 e. The van der Waals surface area contributed by atoms with Gasteiger partial charge in [0.1, 0.15) is 5.75 Å². The predicted octanol–water partition coefficient (Wildman–Crippen LogP) is 1.27. The Morgan fingerprint density at radius 2 is 1.70 bits per heavy atom. The first-order valence-corrected chi connectivity index (χ1v) is 2.72. The average Bonchev–Trinajstić information content (AvgIpc) is 1.90. The second-order valence-corrected chi connectivity index (χ2v) is 1.77. The third kappa shape index (κ3) is 2.34. The molecule has 0 saturated heterocycles. The van der Waals surface area contributed by atoms with Crippen LogP contribution in [0.15, 0.2) is 24.3 Å². The Hall–Kier alpha value is -0.596. The molecule has 3 heteroatoms. The summed E-state index contributed by atoms with van der Waals surface area (Å²) in [5.74, 6) is 0.837. The molecule has 0 spiro atoms. The van der Waals surface area contributed by atoms with Gasteiger partial charge in [-0.15, -0.1) is 0 Å². The second kappa shape index (κ2) is 4.26. The Morgan fingerprint density at radius 1 is 1.20 bits per heavy atom. The van der Waals surface area contributed by atoms with Crippen LogP contribution in [0.2, 0.25) is 0 Å². The van der Waals surface area contributed by atoms with Gasteiger partial charge in [0.05, 0.1) is 7.11 Å². The van der Waals surface area contributed by atoms with Crippen molar-refractivity contribution in [3.8, 4) is 5.75 Å². The van der Waals surface area contributed by atoms with Gasteiger partial charge in [0, 0.05) is 24.2 Å². The van der Waals surface area contributed by atoms with Gasteiger partial charge in [-0.3, -0.25) is 0 Å². The minimum Gasteiger partial charge on any atom is -0.497 e. The molecule has 0 aliphatic rings. The number of rotatable bonds is 1. The van der Waals surface area contributed by atoms with Gasteiger partial charge in [0.25, 0.3) is 0 Å². The number of hydrogen-bond donors (Lipinski definition) is 1. The molecule has 0 aliphatic carbocycles. The minimum absolute atomic E-state index is 0. The summed E-state index contributed by atoms with van der Waals surface area (Å²) >= 11 is 0. The number of nitrogens with two attached hydrogens (primary N) is 1.